The van der Waals surface area contributed by atoms with Gasteiger partial charge >= 0.3 is 0 Å². The number of carbonyl (C=O) groups is 1. The number of rotatable bonds is 2. The first-order valence-corrected chi connectivity index (χ1v) is 8.83. The third-order valence-corrected chi connectivity index (χ3v) is 5.46. The van der Waals surface area contributed by atoms with Gasteiger partial charge in [0.05, 0.1) is 5.69 Å². The van der Waals surface area contributed by atoms with Crippen molar-refractivity contribution in [1.29, 1.82) is 0 Å². The van der Waals surface area contributed by atoms with Crippen LogP contribution in [0, 0.1) is 5.41 Å². The van der Waals surface area contributed by atoms with Gasteiger partial charge in [-0.1, -0.05) is 18.2 Å². The summed E-state index contributed by atoms with van der Waals surface area (Å²) in [6, 6.07) is 12.1. The fraction of sp³-hybridized carbons (Fsp3) is 0.421. The van der Waals surface area contributed by atoms with E-state index in [1.165, 1.54) is 23.2 Å². The number of benzene rings is 1. The average Bonchev–Trinajstić information content (AvgIpc) is 3.11. The molecule has 1 aromatic carbocycles. The van der Waals surface area contributed by atoms with Crippen LogP contribution in [0.3, 0.4) is 0 Å². The third kappa shape index (κ3) is 3.52. The SMILES string of the molecule is Cl.O=C(c1ccc(=O)n(-c2ccccc2)n1)N1CCC2(CCNC2)CC1. The van der Waals surface area contributed by atoms with Crippen LogP contribution in [0.1, 0.15) is 29.8 Å². The molecular weight excluding hydrogens is 352 g/mol. The zero-order chi connectivity index (χ0) is 17.3. The molecule has 138 valence electrons. The number of para-hydroxylation sites is 1. The number of aromatic nitrogens is 2. The molecule has 7 heteroatoms. The highest BCUT2D eigenvalue weighted by atomic mass is 35.5. The average molecular weight is 375 g/mol. The van der Waals surface area contributed by atoms with Gasteiger partial charge in [0, 0.05) is 25.7 Å². The van der Waals surface area contributed by atoms with Crippen LogP contribution in [0.25, 0.3) is 5.69 Å². The molecule has 4 rings (SSSR count). The highest BCUT2D eigenvalue weighted by Gasteiger charge is 2.38. The van der Waals surface area contributed by atoms with E-state index < -0.39 is 0 Å². The van der Waals surface area contributed by atoms with Gasteiger partial charge in [0.15, 0.2) is 0 Å². The normalized spacial score (nSPS) is 18.5. The minimum atomic E-state index is -0.239. The summed E-state index contributed by atoms with van der Waals surface area (Å²) in [6.45, 7) is 3.66. The van der Waals surface area contributed by atoms with Crippen LogP contribution in [0.15, 0.2) is 47.3 Å². The summed E-state index contributed by atoms with van der Waals surface area (Å²) in [5.41, 5.74) is 1.12. The number of hydrogen-bond acceptors (Lipinski definition) is 4. The number of carbonyl (C=O) groups excluding carboxylic acids is 1. The van der Waals surface area contributed by atoms with Crippen LogP contribution >= 0.6 is 12.4 Å². The number of hydrogen-bond donors (Lipinski definition) is 1. The fourth-order valence-electron chi connectivity index (χ4n) is 3.85. The van der Waals surface area contributed by atoms with Gasteiger partial charge in [-0.25, -0.2) is 0 Å². The van der Waals surface area contributed by atoms with Crippen LogP contribution in [0.2, 0.25) is 0 Å². The topological polar surface area (TPSA) is 67.2 Å². The molecule has 2 aromatic rings. The molecule has 1 amide bonds. The largest absolute Gasteiger partial charge is 0.337 e. The van der Waals surface area contributed by atoms with Crippen LogP contribution in [-0.4, -0.2) is 46.8 Å². The standard InChI is InChI=1S/C19H22N4O2.ClH/c24-17-7-6-16(21-23(17)15-4-2-1-3-5-15)18(25)22-12-9-19(10-13-22)8-11-20-14-19;/h1-7,20H,8-14H2;1H. The second-order valence-corrected chi connectivity index (χ2v) is 7.02. The summed E-state index contributed by atoms with van der Waals surface area (Å²) in [4.78, 5) is 26.8. The predicted octanol–water partition coefficient (Wildman–Crippen LogP) is 1.87. The minimum absolute atomic E-state index is 0. The minimum Gasteiger partial charge on any atom is -0.337 e. The first-order chi connectivity index (χ1) is 12.2. The molecule has 0 atom stereocenters. The maximum Gasteiger partial charge on any atom is 0.274 e. The van der Waals surface area contributed by atoms with Crippen LogP contribution in [-0.2, 0) is 0 Å². The van der Waals surface area contributed by atoms with E-state index in [0.717, 1.165) is 39.0 Å². The Morgan fingerprint density at radius 1 is 1.04 bits per heavy atom. The van der Waals surface area contributed by atoms with E-state index in [0.29, 0.717) is 16.8 Å². The summed E-state index contributed by atoms with van der Waals surface area (Å²) in [5.74, 6) is -0.0921. The van der Waals surface area contributed by atoms with Crippen molar-refractivity contribution in [2.24, 2.45) is 5.41 Å². The summed E-state index contributed by atoms with van der Waals surface area (Å²) >= 11 is 0. The van der Waals surface area contributed by atoms with Crippen LogP contribution in [0.5, 0.6) is 0 Å². The van der Waals surface area contributed by atoms with Crippen molar-refractivity contribution >= 4 is 18.3 Å². The maximum atomic E-state index is 12.8. The van der Waals surface area contributed by atoms with Crippen molar-refractivity contribution in [2.45, 2.75) is 19.3 Å². The zero-order valence-corrected chi connectivity index (χ0v) is 15.4. The highest BCUT2D eigenvalue weighted by molar-refractivity contribution is 5.92. The number of nitrogens with one attached hydrogen (secondary N) is 1. The molecule has 1 aromatic heterocycles. The molecule has 2 aliphatic heterocycles. The lowest BCUT2D eigenvalue weighted by Gasteiger charge is -2.38. The molecule has 6 nitrogen and oxygen atoms in total. The Bertz CT molecular complexity index is 821. The molecule has 1 spiro atoms. The van der Waals surface area contributed by atoms with Crippen molar-refractivity contribution in [1.82, 2.24) is 20.0 Å². The molecule has 3 heterocycles. The van der Waals surface area contributed by atoms with E-state index in [9.17, 15) is 9.59 Å². The fourth-order valence-corrected chi connectivity index (χ4v) is 3.85. The number of likely N-dealkylation sites (tertiary alicyclic amines) is 1. The second kappa shape index (κ2) is 7.60. The maximum absolute atomic E-state index is 12.8. The first-order valence-electron chi connectivity index (χ1n) is 8.83. The van der Waals surface area contributed by atoms with Crippen molar-refractivity contribution < 1.29 is 4.79 Å². The molecule has 0 saturated carbocycles. The summed E-state index contributed by atoms with van der Waals surface area (Å²) < 4.78 is 1.29. The molecule has 0 aliphatic carbocycles. The van der Waals surface area contributed by atoms with Gasteiger partial charge in [-0.15, -0.1) is 12.4 Å². The van der Waals surface area contributed by atoms with Gasteiger partial charge in [-0.3, -0.25) is 9.59 Å². The molecule has 0 bridgehead atoms. The van der Waals surface area contributed by atoms with Crippen LogP contribution in [0.4, 0.5) is 0 Å². The Balaban J connectivity index is 0.00000196. The number of amides is 1. The quantitative estimate of drug-likeness (QED) is 0.871. The molecule has 0 unspecified atom stereocenters. The highest BCUT2D eigenvalue weighted by Crippen LogP contribution is 2.37. The molecule has 1 N–H and O–H groups in total. The Morgan fingerprint density at radius 3 is 2.42 bits per heavy atom. The summed E-state index contributed by atoms with van der Waals surface area (Å²) in [7, 11) is 0. The van der Waals surface area contributed by atoms with E-state index in [-0.39, 0.29) is 23.9 Å². The lowest BCUT2D eigenvalue weighted by molar-refractivity contribution is 0.0600. The Morgan fingerprint density at radius 2 is 1.77 bits per heavy atom. The lowest BCUT2D eigenvalue weighted by atomic mass is 9.78. The van der Waals surface area contributed by atoms with E-state index in [1.54, 1.807) is 12.1 Å². The first kappa shape index (κ1) is 18.6. The van der Waals surface area contributed by atoms with E-state index in [1.807, 2.05) is 23.1 Å². The number of nitrogens with zero attached hydrogens (tertiary/aromatic N) is 3. The summed E-state index contributed by atoms with van der Waals surface area (Å²) in [5, 5.41) is 7.74. The Hall–Kier alpha value is -2.18. The molecular formula is C19H23ClN4O2. The van der Waals surface area contributed by atoms with Gasteiger partial charge < -0.3 is 10.2 Å². The molecule has 2 fully saturated rings. The second-order valence-electron chi connectivity index (χ2n) is 7.02. The smallest absolute Gasteiger partial charge is 0.274 e. The van der Waals surface area contributed by atoms with Gasteiger partial charge in [0.2, 0.25) is 0 Å². The van der Waals surface area contributed by atoms with Gasteiger partial charge in [-0.2, -0.15) is 9.78 Å². The third-order valence-electron chi connectivity index (χ3n) is 5.46. The zero-order valence-electron chi connectivity index (χ0n) is 14.6. The number of piperidine rings is 1. The predicted molar refractivity (Wildman–Crippen MR) is 102 cm³/mol. The van der Waals surface area contributed by atoms with Crippen molar-refractivity contribution in [3.8, 4) is 5.69 Å². The summed E-state index contributed by atoms with van der Waals surface area (Å²) in [6.07, 6.45) is 3.26. The van der Waals surface area contributed by atoms with E-state index in [2.05, 4.69) is 10.4 Å². The molecule has 0 radical (unpaired) electrons. The monoisotopic (exact) mass is 374 g/mol. The molecule has 2 saturated heterocycles. The van der Waals surface area contributed by atoms with Crippen molar-refractivity contribution in [2.75, 3.05) is 26.2 Å². The van der Waals surface area contributed by atoms with Crippen LogP contribution < -0.4 is 10.9 Å². The lowest BCUT2D eigenvalue weighted by Crippen LogP contribution is -2.44. The van der Waals surface area contributed by atoms with E-state index >= 15 is 0 Å². The van der Waals surface area contributed by atoms with E-state index in [4.69, 9.17) is 0 Å². The Labute approximate surface area is 158 Å². The van der Waals surface area contributed by atoms with Gasteiger partial charge in [0.1, 0.15) is 5.69 Å². The van der Waals surface area contributed by atoms with Crippen molar-refractivity contribution in [3.63, 3.8) is 0 Å². The van der Waals surface area contributed by atoms with Crippen molar-refractivity contribution in [3.05, 3.63) is 58.5 Å². The number of halogens is 1. The molecule has 26 heavy (non-hydrogen) atoms. The Kier molecular flexibility index (Phi) is 5.44. The van der Waals surface area contributed by atoms with Gasteiger partial charge in [-0.05, 0) is 49.4 Å². The molecule has 2 aliphatic rings. The van der Waals surface area contributed by atoms with Gasteiger partial charge in [0.25, 0.3) is 11.5 Å².